The molecule has 0 spiro atoms. The Balaban J connectivity index is 1.94. The minimum Gasteiger partial charge on any atom is -0.493 e. The van der Waals surface area contributed by atoms with Gasteiger partial charge in [-0.05, 0) is 45.8 Å². The monoisotopic (exact) mass is 477 g/mol. The molecule has 0 saturated heterocycles. The van der Waals surface area contributed by atoms with Gasteiger partial charge in [0, 0.05) is 4.47 Å². The zero-order chi connectivity index (χ0) is 21.2. The van der Waals surface area contributed by atoms with E-state index in [1.807, 2.05) is 6.07 Å². The van der Waals surface area contributed by atoms with Crippen LogP contribution in [0.25, 0.3) is 0 Å². The fourth-order valence-electron chi connectivity index (χ4n) is 2.19. The van der Waals surface area contributed by atoms with E-state index in [0.717, 1.165) is 0 Å². The Labute approximate surface area is 181 Å². The summed E-state index contributed by atoms with van der Waals surface area (Å²) >= 11 is 9.49. The summed E-state index contributed by atoms with van der Waals surface area (Å²) in [7, 11) is 1.46. The van der Waals surface area contributed by atoms with Gasteiger partial charge in [0.05, 0.1) is 24.0 Å². The van der Waals surface area contributed by atoms with Crippen molar-refractivity contribution in [1.82, 2.24) is 5.43 Å². The predicted molar refractivity (Wildman–Crippen MR) is 115 cm³/mol. The quantitative estimate of drug-likeness (QED) is 0.263. The van der Waals surface area contributed by atoms with Crippen molar-refractivity contribution in [1.29, 1.82) is 0 Å². The molecule has 2 amide bonds. The topological polar surface area (TPSA) is 89.0 Å². The number of anilines is 1. The normalized spacial score (nSPS) is 10.3. The van der Waals surface area contributed by atoms with Gasteiger partial charge in [0.2, 0.25) is 11.8 Å². The Morgan fingerprint density at radius 3 is 2.76 bits per heavy atom. The second-order valence-corrected chi connectivity index (χ2v) is 6.79. The molecule has 9 heteroatoms. The lowest BCUT2D eigenvalue weighted by Gasteiger charge is -2.11. The Kier molecular flexibility index (Phi) is 8.52. The maximum Gasteiger partial charge on any atom is 0.249 e. The zero-order valence-corrected chi connectivity index (χ0v) is 17.7. The number of carbonyl (C=O) groups is 2. The van der Waals surface area contributed by atoms with Crippen molar-refractivity contribution >= 4 is 51.2 Å². The van der Waals surface area contributed by atoms with Gasteiger partial charge < -0.3 is 14.8 Å². The van der Waals surface area contributed by atoms with Gasteiger partial charge in [-0.3, -0.25) is 9.59 Å². The van der Waals surface area contributed by atoms with Crippen LogP contribution in [0, 0.1) is 12.3 Å². The van der Waals surface area contributed by atoms with Crippen molar-refractivity contribution in [3.8, 4) is 23.8 Å². The maximum atomic E-state index is 12.0. The SMILES string of the molecule is C#CCOc1c(Cl)cc(C=NNC(=O)CC(=O)Nc2ccccc2Br)cc1OC. The highest BCUT2D eigenvalue weighted by molar-refractivity contribution is 9.10. The zero-order valence-electron chi connectivity index (χ0n) is 15.4. The Bertz CT molecular complexity index is 973. The van der Waals surface area contributed by atoms with E-state index in [1.54, 1.807) is 30.3 Å². The highest BCUT2D eigenvalue weighted by Crippen LogP contribution is 2.35. The Morgan fingerprint density at radius 2 is 2.07 bits per heavy atom. The summed E-state index contributed by atoms with van der Waals surface area (Å²) < 4.78 is 11.3. The summed E-state index contributed by atoms with van der Waals surface area (Å²) in [5.74, 6) is 1.99. The molecule has 2 aromatic rings. The van der Waals surface area contributed by atoms with Crippen molar-refractivity contribution < 1.29 is 19.1 Å². The van der Waals surface area contributed by atoms with Crippen LogP contribution in [0.15, 0.2) is 46.0 Å². The maximum absolute atomic E-state index is 12.0. The minimum absolute atomic E-state index is 0.0428. The average molecular weight is 479 g/mol. The highest BCUT2D eigenvalue weighted by Gasteiger charge is 2.12. The molecule has 0 aliphatic rings. The summed E-state index contributed by atoms with van der Waals surface area (Å²) in [5, 5.41) is 6.74. The number of amides is 2. The molecule has 29 heavy (non-hydrogen) atoms. The lowest BCUT2D eigenvalue weighted by atomic mass is 10.2. The number of carbonyl (C=O) groups excluding carboxylic acids is 2. The molecule has 2 N–H and O–H groups in total. The molecule has 0 radical (unpaired) electrons. The highest BCUT2D eigenvalue weighted by atomic mass is 79.9. The van der Waals surface area contributed by atoms with Gasteiger partial charge in [0.1, 0.15) is 13.0 Å². The summed E-state index contributed by atoms with van der Waals surface area (Å²) in [4.78, 5) is 23.8. The Hall–Kier alpha value is -3.02. The van der Waals surface area contributed by atoms with Crippen LogP contribution in [-0.4, -0.2) is 31.7 Å². The largest absolute Gasteiger partial charge is 0.493 e. The van der Waals surface area contributed by atoms with Crippen molar-refractivity contribution in [3.63, 3.8) is 0 Å². The summed E-state index contributed by atoms with van der Waals surface area (Å²) in [6, 6.07) is 10.3. The van der Waals surface area contributed by atoms with E-state index in [1.165, 1.54) is 13.3 Å². The van der Waals surface area contributed by atoms with Gasteiger partial charge in [-0.15, -0.1) is 6.42 Å². The van der Waals surface area contributed by atoms with Crippen LogP contribution in [0.1, 0.15) is 12.0 Å². The molecule has 0 aliphatic heterocycles. The van der Waals surface area contributed by atoms with E-state index < -0.39 is 11.8 Å². The molecule has 7 nitrogen and oxygen atoms in total. The molecular formula is C20H17BrClN3O4. The molecule has 0 unspecified atom stereocenters. The van der Waals surface area contributed by atoms with Gasteiger partial charge in [0.15, 0.2) is 11.5 Å². The Morgan fingerprint density at radius 1 is 1.31 bits per heavy atom. The smallest absolute Gasteiger partial charge is 0.249 e. The van der Waals surface area contributed by atoms with Crippen LogP contribution in [0.5, 0.6) is 11.5 Å². The second-order valence-electron chi connectivity index (χ2n) is 5.52. The van der Waals surface area contributed by atoms with E-state index in [9.17, 15) is 9.59 Å². The third-order valence-electron chi connectivity index (χ3n) is 3.42. The molecule has 2 aromatic carbocycles. The molecule has 0 atom stereocenters. The first-order valence-electron chi connectivity index (χ1n) is 8.24. The number of hydrogen-bond acceptors (Lipinski definition) is 5. The van der Waals surface area contributed by atoms with Crippen LogP contribution < -0.4 is 20.2 Å². The van der Waals surface area contributed by atoms with E-state index in [-0.39, 0.29) is 18.1 Å². The van der Waals surface area contributed by atoms with Crippen molar-refractivity contribution in [2.45, 2.75) is 6.42 Å². The lowest BCUT2D eigenvalue weighted by Crippen LogP contribution is -2.24. The van der Waals surface area contributed by atoms with E-state index in [0.29, 0.717) is 27.2 Å². The van der Waals surface area contributed by atoms with Crippen LogP contribution in [0.2, 0.25) is 5.02 Å². The number of terminal acetylenes is 1. The van der Waals surface area contributed by atoms with Crippen LogP contribution in [0.4, 0.5) is 5.69 Å². The van der Waals surface area contributed by atoms with Crippen LogP contribution in [-0.2, 0) is 9.59 Å². The minimum atomic E-state index is -0.571. The number of hydrogen-bond donors (Lipinski definition) is 2. The van der Waals surface area contributed by atoms with E-state index >= 15 is 0 Å². The van der Waals surface area contributed by atoms with Gasteiger partial charge in [-0.2, -0.15) is 5.10 Å². The fraction of sp³-hybridized carbons (Fsp3) is 0.150. The molecular weight excluding hydrogens is 462 g/mol. The number of para-hydroxylation sites is 1. The standard InChI is InChI=1S/C20H17BrClN3O4/c1-3-8-29-20-15(22)9-13(10-17(20)28-2)12-23-25-19(27)11-18(26)24-16-7-5-4-6-14(16)21/h1,4-7,9-10,12H,8,11H2,2H3,(H,24,26)(H,25,27). The first-order valence-corrected chi connectivity index (χ1v) is 9.41. The summed E-state index contributed by atoms with van der Waals surface area (Å²) in [6.45, 7) is 0.0428. The molecule has 0 heterocycles. The van der Waals surface area contributed by atoms with Gasteiger partial charge in [-0.1, -0.05) is 29.7 Å². The van der Waals surface area contributed by atoms with Gasteiger partial charge >= 0.3 is 0 Å². The third-order valence-corrected chi connectivity index (χ3v) is 4.40. The van der Waals surface area contributed by atoms with Gasteiger partial charge in [0.25, 0.3) is 0 Å². The van der Waals surface area contributed by atoms with Crippen molar-refractivity contribution in [3.05, 3.63) is 51.5 Å². The lowest BCUT2D eigenvalue weighted by molar-refractivity contribution is -0.126. The molecule has 2 rings (SSSR count). The average Bonchev–Trinajstić information content (AvgIpc) is 2.68. The summed E-state index contributed by atoms with van der Waals surface area (Å²) in [6.07, 6.45) is 6.15. The number of nitrogens with zero attached hydrogens (tertiary/aromatic N) is 1. The van der Waals surface area contributed by atoms with Crippen LogP contribution in [0.3, 0.4) is 0 Å². The van der Waals surface area contributed by atoms with Gasteiger partial charge in [-0.25, -0.2) is 5.43 Å². The number of nitrogens with one attached hydrogen (secondary N) is 2. The molecule has 150 valence electrons. The number of methoxy groups -OCH3 is 1. The van der Waals surface area contributed by atoms with Crippen molar-refractivity contribution in [2.24, 2.45) is 5.10 Å². The van der Waals surface area contributed by atoms with E-state index in [2.05, 4.69) is 37.7 Å². The molecule has 0 aromatic heterocycles. The number of hydrazone groups is 1. The van der Waals surface area contributed by atoms with Crippen LogP contribution >= 0.6 is 27.5 Å². The molecule has 0 fully saturated rings. The molecule has 0 saturated carbocycles. The summed E-state index contributed by atoms with van der Waals surface area (Å²) in [5.41, 5.74) is 3.41. The second kappa shape index (κ2) is 11.1. The number of rotatable bonds is 8. The first kappa shape index (κ1) is 22.3. The number of benzene rings is 2. The molecule has 0 bridgehead atoms. The fourth-order valence-corrected chi connectivity index (χ4v) is 2.85. The number of halogens is 2. The number of ether oxygens (including phenoxy) is 2. The molecule has 0 aliphatic carbocycles. The van der Waals surface area contributed by atoms with Crippen molar-refractivity contribution in [2.75, 3.05) is 19.0 Å². The first-order chi connectivity index (χ1) is 13.9. The van der Waals surface area contributed by atoms with E-state index in [4.69, 9.17) is 27.5 Å². The predicted octanol–water partition coefficient (Wildman–Crippen LogP) is 3.60. The third kappa shape index (κ3) is 6.82.